The lowest BCUT2D eigenvalue weighted by molar-refractivity contribution is -0.137. The number of carbonyl (C=O) groups is 1. The van der Waals surface area contributed by atoms with E-state index < -0.39 is 11.7 Å². The molecule has 0 aliphatic heterocycles. The van der Waals surface area contributed by atoms with Crippen molar-refractivity contribution in [2.24, 2.45) is 0 Å². The molecule has 1 aromatic carbocycles. The minimum atomic E-state index is -4.38. The van der Waals surface area contributed by atoms with E-state index in [-0.39, 0.29) is 0 Å². The van der Waals surface area contributed by atoms with Gasteiger partial charge in [0.15, 0.2) is 0 Å². The van der Waals surface area contributed by atoms with Gasteiger partial charge in [-0.05, 0) is 24.3 Å². The standard InChI is InChI=1S/C13H9F3N2O/c14-13(15,16)10-3-1-2-9(6-10)12-5-4-11(7-17-12)18-8-19/h1-8H,(H,18,19). The van der Waals surface area contributed by atoms with E-state index in [1.165, 1.54) is 12.3 Å². The minimum absolute atomic E-state index is 0.368. The Morgan fingerprint density at radius 1 is 1.16 bits per heavy atom. The third kappa shape index (κ3) is 3.09. The first-order valence-electron chi connectivity index (χ1n) is 5.34. The second-order valence-corrected chi connectivity index (χ2v) is 3.77. The van der Waals surface area contributed by atoms with Gasteiger partial charge in [0.1, 0.15) is 0 Å². The van der Waals surface area contributed by atoms with Crippen LogP contribution in [0, 0.1) is 0 Å². The van der Waals surface area contributed by atoms with Crippen LogP contribution in [0.5, 0.6) is 0 Å². The zero-order valence-corrected chi connectivity index (χ0v) is 9.61. The van der Waals surface area contributed by atoms with E-state index in [9.17, 15) is 18.0 Å². The number of amides is 1. The second-order valence-electron chi connectivity index (χ2n) is 3.77. The number of anilines is 1. The summed E-state index contributed by atoms with van der Waals surface area (Å²) in [6.45, 7) is 0. The third-order valence-corrected chi connectivity index (χ3v) is 2.47. The summed E-state index contributed by atoms with van der Waals surface area (Å²) in [5, 5.41) is 2.40. The molecule has 0 saturated carbocycles. The zero-order valence-electron chi connectivity index (χ0n) is 9.61. The molecule has 0 bridgehead atoms. The Balaban J connectivity index is 2.34. The smallest absolute Gasteiger partial charge is 0.327 e. The van der Waals surface area contributed by atoms with Gasteiger partial charge in [-0.25, -0.2) is 0 Å². The van der Waals surface area contributed by atoms with Crippen molar-refractivity contribution in [1.29, 1.82) is 0 Å². The average Bonchev–Trinajstić information content (AvgIpc) is 2.39. The molecule has 6 heteroatoms. The summed E-state index contributed by atoms with van der Waals surface area (Å²) in [6.07, 6.45) is -2.50. The molecule has 0 spiro atoms. The molecule has 0 fully saturated rings. The van der Waals surface area contributed by atoms with E-state index in [0.29, 0.717) is 23.4 Å². The second kappa shape index (κ2) is 5.09. The summed E-state index contributed by atoms with van der Waals surface area (Å²) in [6, 6.07) is 8.03. The van der Waals surface area contributed by atoms with Gasteiger partial charge in [-0.1, -0.05) is 12.1 Å². The number of benzene rings is 1. The van der Waals surface area contributed by atoms with Gasteiger partial charge in [-0.3, -0.25) is 9.78 Å². The molecular formula is C13H9F3N2O. The molecule has 0 aliphatic carbocycles. The van der Waals surface area contributed by atoms with Crippen LogP contribution >= 0.6 is 0 Å². The number of rotatable bonds is 3. The van der Waals surface area contributed by atoms with Crippen LogP contribution in [0.3, 0.4) is 0 Å². The van der Waals surface area contributed by atoms with Gasteiger partial charge in [0, 0.05) is 5.56 Å². The summed E-state index contributed by atoms with van der Waals surface area (Å²) >= 11 is 0. The fourth-order valence-corrected chi connectivity index (χ4v) is 1.57. The van der Waals surface area contributed by atoms with Gasteiger partial charge < -0.3 is 5.32 Å². The predicted molar refractivity (Wildman–Crippen MR) is 64.4 cm³/mol. The van der Waals surface area contributed by atoms with Crippen molar-refractivity contribution in [3.63, 3.8) is 0 Å². The number of hydrogen-bond donors (Lipinski definition) is 1. The largest absolute Gasteiger partial charge is 0.416 e. The lowest BCUT2D eigenvalue weighted by Gasteiger charge is -2.08. The van der Waals surface area contributed by atoms with Crippen LogP contribution < -0.4 is 5.32 Å². The van der Waals surface area contributed by atoms with Crippen molar-refractivity contribution >= 4 is 12.1 Å². The molecule has 0 radical (unpaired) electrons. The Morgan fingerprint density at radius 2 is 1.95 bits per heavy atom. The summed E-state index contributed by atoms with van der Waals surface area (Å²) in [7, 11) is 0. The molecule has 1 N–H and O–H groups in total. The van der Waals surface area contributed by atoms with Gasteiger partial charge in [-0.2, -0.15) is 13.2 Å². The van der Waals surface area contributed by atoms with Crippen LogP contribution in [0.25, 0.3) is 11.3 Å². The van der Waals surface area contributed by atoms with Gasteiger partial charge >= 0.3 is 6.18 Å². The zero-order chi connectivity index (χ0) is 13.9. The molecular weight excluding hydrogens is 257 g/mol. The topological polar surface area (TPSA) is 42.0 Å². The third-order valence-electron chi connectivity index (χ3n) is 2.47. The van der Waals surface area contributed by atoms with Crippen LogP contribution in [0.1, 0.15) is 5.56 Å². The molecule has 0 aliphatic rings. The number of aromatic nitrogens is 1. The van der Waals surface area contributed by atoms with E-state index in [2.05, 4.69) is 10.3 Å². The average molecular weight is 266 g/mol. The van der Waals surface area contributed by atoms with Crippen LogP contribution in [0.15, 0.2) is 42.6 Å². The quantitative estimate of drug-likeness (QED) is 0.866. The molecule has 1 amide bonds. The monoisotopic (exact) mass is 266 g/mol. The fourth-order valence-electron chi connectivity index (χ4n) is 1.57. The van der Waals surface area contributed by atoms with Crippen LogP contribution in [0.2, 0.25) is 0 Å². The first kappa shape index (κ1) is 13.1. The van der Waals surface area contributed by atoms with Crippen molar-refractivity contribution in [3.05, 3.63) is 48.2 Å². The lowest BCUT2D eigenvalue weighted by atomic mass is 10.1. The maximum atomic E-state index is 12.6. The highest BCUT2D eigenvalue weighted by Crippen LogP contribution is 2.31. The Hall–Kier alpha value is -2.37. The maximum Gasteiger partial charge on any atom is 0.416 e. The van der Waals surface area contributed by atoms with Crippen molar-refractivity contribution in [3.8, 4) is 11.3 Å². The minimum Gasteiger partial charge on any atom is -0.327 e. The number of pyridine rings is 1. The van der Waals surface area contributed by atoms with Gasteiger partial charge in [0.25, 0.3) is 0 Å². The highest BCUT2D eigenvalue weighted by atomic mass is 19.4. The van der Waals surface area contributed by atoms with Gasteiger partial charge in [0.05, 0.1) is 23.1 Å². The normalized spacial score (nSPS) is 11.1. The molecule has 1 heterocycles. The first-order valence-corrected chi connectivity index (χ1v) is 5.34. The lowest BCUT2D eigenvalue weighted by Crippen LogP contribution is -2.04. The number of carbonyl (C=O) groups excluding carboxylic acids is 1. The maximum absolute atomic E-state index is 12.6. The SMILES string of the molecule is O=CNc1ccc(-c2cccc(C(F)(F)F)c2)nc1. The fraction of sp³-hybridized carbons (Fsp3) is 0.0769. The Bertz CT molecular complexity index is 579. The molecule has 2 aromatic rings. The number of halogens is 3. The number of nitrogens with zero attached hydrogens (tertiary/aromatic N) is 1. The van der Waals surface area contributed by atoms with Crippen LogP contribution in [-0.4, -0.2) is 11.4 Å². The number of nitrogens with one attached hydrogen (secondary N) is 1. The Kier molecular flexibility index (Phi) is 3.50. The van der Waals surface area contributed by atoms with Crippen LogP contribution in [0.4, 0.5) is 18.9 Å². The molecule has 1 aromatic heterocycles. The van der Waals surface area contributed by atoms with E-state index in [4.69, 9.17) is 0 Å². The van der Waals surface area contributed by atoms with Crippen molar-refractivity contribution in [1.82, 2.24) is 4.98 Å². The van der Waals surface area contributed by atoms with Crippen molar-refractivity contribution < 1.29 is 18.0 Å². The highest BCUT2D eigenvalue weighted by molar-refractivity contribution is 5.72. The van der Waals surface area contributed by atoms with Crippen LogP contribution in [-0.2, 0) is 11.0 Å². The highest BCUT2D eigenvalue weighted by Gasteiger charge is 2.30. The van der Waals surface area contributed by atoms with Gasteiger partial charge in [-0.15, -0.1) is 0 Å². The molecule has 2 rings (SSSR count). The summed E-state index contributed by atoms with van der Waals surface area (Å²) in [5.41, 5.74) is 0.530. The summed E-state index contributed by atoms with van der Waals surface area (Å²) < 4.78 is 37.7. The van der Waals surface area contributed by atoms with E-state index in [1.54, 1.807) is 18.2 Å². The Morgan fingerprint density at radius 3 is 2.53 bits per heavy atom. The molecule has 3 nitrogen and oxygen atoms in total. The molecule has 19 heavy (non-hydrogen) atoms. The Labute approximate surface area is 107 Å². The number of alkyl halides is 3. The summed E-state index contributed by atoms with van der Waals surface area (Å²) in [4.78, 5) is 14.2. The van der Waals surface area contributed by atoms with Crippen molar-refractivity contribution in [2.75, 3.05) is 5.32 Å². The van der Waals surface area contributed by atoms with Gasteiger partial charge in [0.2, 0.25) is 6.41 Å². The van der Waals surface area contributed by atoms with E-state index in [0.717, 1.165) is 12.1 Å². The van der Waals surface area contributed by atoms with Crippen molar-refractivity contribution in [2.45, 2.75) is 6.18 Å². The molecule has 0 atom stereocenters. The first-order chi connectivity index (χ1) is 9.00. The molecule has 0 saturated heterocycles. The number of hydrogen-bond acceptors (Lipinski definition) is 2. The molecule has 98 valence electrons. The summed E-state index contributed by atoms with van der Waals surface area (Å²) in [5.74, 6) is 0. The van der Waals surface area contributed by atoms with E-state index >= 15 is 0 Å². The van der Waals surface area contributed by atoms with E-state index in [1.807, 2.05) is 0 Å². The predicted octanol–water partition coefficient (Wildman–Crippen LogP) is 3.34. The molecule has 0 unspecified atom stereocenters.